The van der Waals surface area contributed by atoms with Crippen LogP contribution in [-0.2, 0) is 6.42 Å². The molecule has 0 spiro atoms. The van der Waals surface area contributed by atoms with Gasteiger partial charge in [0.25, 0.3) is 0 Å². The Morgan fingerprint density at radius 3 is 2.76 bits per heavy atom. The number of fused-ring (bicyclic) bond motifs is 1. The molecule has 1 heterocycles. The zero-order chi connectivity index (χ0) is 15.2. The molecular weight excluding hydrogens is 278 g/mol. The number of para-hydroxylation sites is 1. The van der Waals surface area contributed by atoms with E-state index in [1.54, 1.807) is 0 Å². The SMILES string of the molecule is CCC(CSC)N(C)c1nc2ccccc2cc1CCN. The van der Waals surface area contributed by atoms with Crippen molar-refractivity contribution < 1.29 is 0 Å². The molecule has 21 heavy (non-hydrogen) atoms. The number of nitrogens with zero attached hydrogens (tertiary/aromatic N) is 2. The Balaban J connectivity index is 2.46. The fourth-order valence-electron chi connectivity index (χ4n) is 2.66. The van der Waals surface area contributed by atoms with E-state index in [1.165, 1.54) is 10.9 Å². The molecule has 2 aromatic rings. The van der Waals surface area contributed by atoms with Gasteiger partial charge in [-0.05, 0) is 43.3 Å². The molecule has 1 unspecified atom stereocenters. The van der Waals surface area contributed by atoms with E-state index in [2.05, 4.69) is 49.4 Å². The molecule has 0 bridgehead atoms. The van der Waals surface area contributed by atoms with E-state index in [1.807, 2.05) is 17.8 Å². The van der Waals surface area contributed by atoms with Crippen LogP contribution in [0.5, 0.6) is 0 Å². The lowest BCUT2D eigenvalue weighted by atomic mass is 10.1. The second-order valence-electron chi connectivity index (χ2n) is 5.33. The number of aromatic nitrogens is 1. The highest BCUT2D eigenvalue weighted by Gasteiger charge is 2.17. The third-order valence-electron chi connectivity index (χ3n) is 3.91. The molecule has 1 aromatic carbocycles. The second kappa shape index (κ2) is 7.66. The molecule has 0 fully saturated rings. The van der Waals surface area contributed by atoms with Gasteiger partial charge in [-0.1, -0.05) is 25.1 Å². The van der Waals surface area contributed by atoms with Crippen molar-refractivity contribution in [2.45, 2.75) is 25.8 Å². The van der Waals surface area contributed by atoms with Crippen LogP contribution in [0.25, 0.3) is 10.9 Å². The molecule has 0 aliphatic heterocycles. The number of pyridine rings is 1. The summed E-state index contributed by atoms with van der Waals surface area (Å²) in [5.41, 5.74) is 8.09. The molecule has 114 valence electrons. The van der Waals surface area contributed by atoms with Crippen LogP contribution in [0.1, 0.15) is 18.9 Å². The highest BCUT2D eigenvalue weighted by molar-refractivity contribution is 7.98. The molecule has 3 nitrogen and oxygen atoms in total. The molecule has 0 aliphatic rings. The van der Waals surface area contributed by atoms with Gasteiger partial charge in [0, 0.05) is 24.2 Å². The van der Waals surface area contributed by atoms with Crippen LogP contribution in [0, 0.1) is 0 Å². The second-order valence-corrected chi connectivity index (χ2v) is 6.24. The summed E-state index contributed by atoms with van der Waals surface area (Å²) < 4.78 is 0. The minimum Gasteiger partial charge on any atom is -0.356 e. The van der Waals surface area contributed by atoms with E-state index in [4.69, 9.17) is 10.7 Å². The maximum atomic E-state index is 5.79. The molecule has 1 aromatic heterocycles. The quantitative estimate of drug-likeness (QED) is 0.852. The van der Waals surface area contributed by atoms with Crippen molar-refractivity contribution in [2.24, 2.45) is 5.73 Å². The van der Waals surface area contributed by atoms with Crippen molar-refractivity contribution in [1.82, 2.24) is 4.98 Å². The van der Waals surface area contributed by atoms with Crippen molar-refractivity contribution in [3.05, 3.63) is 35.9 Å². The first-order chi connectivity index (χ1) is 10.2. The first-order valence-corrected chi connectivity index (χ1v) is 8.91. The average molecular weight is 303 g/mol. The first kappa shape index (κ1) is 16.1. The van der Waals surface area contributed by atoms with Crippen LogP contribution in [0.2, 0.25) is 0 Å². The van der Waals surface area contributed by atoms with E-state index >= 15 is 0 Å². The number of hydrogen-bond acceptors (Lipinski definition) is 4. The summed E-state index contributed by atoms with van der Waals surface area (Å²) in [4.78, 5) is 7.23. The molecule has 0 aliphatic carbocycles. The van der Waals surface area contributed by atoms with Crippen molar-refractivity contribution >= 4 is 28.5 Å². The first-order valence-electron chi connectivity index (χ1n) is 7.51. The van der Waals surface area contributed by atoms with Gasteiger partial charge in [0.1, 0.15) is 5.82 Å². The number of benzene rings is 1. The predicted molar refractivity (Wildman–Crippen MR) is 95.4 cm³/mol. The van der Waals surface area contributed by atoms with E-state index in [-0.39, 0.29) is 0 Å². The van der Waals surface area contributed by atoms with Crippen LogP contribution >= 0.6 is 11.8 Å². The minimum absolute atomic E-state index is 0.505. The largest absolute Gasteiger partial charge is 0.356 e. The lowest BCUT2D eigenvalue weighted by Crippen LogP contribution is -2.34. The van der Waals surface area contributed by atoms with Gasteiger partial charge in [-0.25, -0.2) is 4.98 Å². The number of thioether (sulfide) groups is 1. The Kier molecular flexibility index (Phi) is 5.88. The van der Waals surface area contributed by atoms with E-state index in [0.29, 0.717) is 12.6 Å². The van der Waals surface area contributed by atoms with Crippen LogP contribution in [0.3, 0.4) is 0 Å². The molecule has 0 saturated heterocycles. The van der Waals surface area contributed by atoms with Crippen molar-refractivity contribution in [3.63, 3.8) is 0 Å². The lowest BCUT2D eigenvalue weighted by molar-refractivity contribution is 0.663. The predicted octanol–water partition coefficient (Wildman–Crippen LogP) is 3.31. The highest BCUT2D eigenvalue weighted by Crippen LogP contribution is 2.26. The van der Waals surface area contributed by atoms with Crippen LogP contribution < -0.4 is 10.6 Å². The van der Waals surface area contributed by atoms with Crippen LogP contribution in [-0.4, -0.2) is 36.6 Å². The zero-order valence-electron chi connectivity index (χ0n) is 13.2. The van der Waals surface area contributed by atoms with Gasteiger partial charge in [-0.3, -0.25) is 0 Å². The van der Waals surface area contributed by atoms with Gasteiger partial charge >= 0.3 is 0 Å². The summed E-state index contributed by atoms with van der Waals surface area (Å²) >= 11 is 1.89. The normalized spacial score (nSPS) is 12.6. The lowest BCUT2D eigenvalue weighted by Gasteiger charge is -2.30. The molecule has 4 heteroatoms. The zero-order valence-corrected chi connectivity index (χ0v) is 14.0. The summed E-state index contributed by atoms with van der Waals surface area (Å²) in [5, 5.41) is 1.19. The standard InChI is InChI=1S/C17H25N3S/c1-4-15(12-21-3)20(2)17-14(9-10-18)11-13-7-5-6-8-16(13)19-17/h5-8,11,15H,4,9-10,12,18H2,1-3H3. The molecular formula is C17H25N3S. The number of hydrogen-bond donors (Lipinski definition) is 1. The van der Waals surface area contributed by atoms with Gasteiger partial charge < -0.3 is 10.6 Å². The Bertz CT molecular complexity index is 585. The summed E-state index contributed by atoms with van der Waals surface area (Å²) in [5.74, 6) is 2.20. The Labute approximate surface area is 131 Å². The van der Waals surface area contributed by atoms with Gasteiger partial charge in [-0.2, -0.15) is 11.8 Å². The minimum atomic E-state index is 0.505. The summed E-state index contributed by atoms with van der Waals surface area (Å²) in [6, 6.07) is 11.0. The van der Waals surface area contributed by atoms with Crippen LogP contribution in [0.4, 0.5) is 5.82 Å². The molecule has 0 amide bonds. The summed E-state index contributed by atoms with van der Waals surface area (Å²) in [7, 11) is 2.15. The summed E-state index contributed by atoms with van der Waals surface area (Å²) in [6.07, 6.45) is 4.15. The van der Waals surface area contributed by atoms with Crippen molar-refractivity contribution in [2.75, 3.05) is 30.5 Å². The molecule has 2 rings (SSSR count). The molecule has 0 radical (unpaired) electrons. The van der Waals surface area contributed by atoms with Gasteiger partial charge in [0.15, 0.2) is 0 Å². The van der Waals surface area contributed by atoms with E-state index < -0.39 is 0 Å². The van der Waals surface area contributed by atoms with Crippen molar-refractivity contribution in [1.29, 1.82) is 0 Å². The molecule has 2 N–H and O–H groups in total. The third-order valence-corrected chi connectivity index (χ3v) is 4.62. The fraction of sp³-hybridized carbons (Fsp3) is 0.471. The van der Waals surface area contributed by atoms with E-state index in [0.717, 1.165) is 29.9 Å². The Morgan fingerprint density at radius 2 is 2.10 bits per heavy atom. The van der Waals surface area contributed by atoms with Gasteiger partial charge in [0.05, 0.1) is 5.52 Å². The molecule has 0 saturated carbocycles. The Morgan fingerprint density at radius 1 is 1.33 bits per heavy atom. The molecule has 1 atom stereocenters. The fourth-order valence-corrected chi connectivity index (χ4v) is 3.51. The van der Waals surface area contributed by atoms with Gasteiger partial charge in [-0.15, -0.1) is 0 Å². The Hall–Kier alpha value is -1.26. The third kappa shape index (κ3) is 3.69. The monoisotopic (exact) mass is 303 g/mol. The summed E-state index contributed by atoms with van der Waals surface area (Å²) in [6.45, 7) is 2.89. The maximum absolute atomic E-state index is 5.79. The van der Waals surface area contributed by atoms with Crippen molar-refractivity contribution in [3.8, 4) is 0 Å². The van der Waals surface area contributed by atoms with Crippen LogP contribution in [0.15, 0.2) is 30.3 Å². The average Bonchev–Trinajstić information content (AvgIpc) is 2.51. The number of nitrogens with two attached hydrogens (primary N) is 1. The van der Waals surface area contributed by atoms with Gasteiger partial charge in [0.2, 0.25) is 0 Å². The topological polar surface area (TPSA) is 42.2 Å². The number of rotatable bonds is 7. The van der Waals surface area contributed by atoms with E-state index in [9.17, 15) is 0 Å². The highest BCUT2D eigenvalue weighted by atomic mass is 32.2. The smallest absolute Gasteiger partial charge is 0.132 e. The number of anilines is 1. The maximum Gasteiger partial charge on any atom is 0.132 e.